The summed E-state index contributed by atoms with van der Waals surface area (Å²) in [4.78, 5) is 28.6. The van der Waals surface area contributed by atoms with E-state index in [4.69, 9.17) is 8.83 Å². The minimum Gasteiger partial charge on any atom is -0.467 e. The summed E-state index contributed by atoms with van der Waals surface area (Å²) in [6.07, 6.45) is 3.74. The molecule has 4 aromatic rings. The predicted octanol–water partition coefficient (Wildman–Crippen LogP) is 3.69. The van der Waals surface area contributed by atoms with Gasteiger partial charge in [0.15, 0.2) is 6.04 Å². The molecule has 0 saturated carbocycles. The number of benzene rings is 1. The van der Waals surface area contributed by atoms with E-state index in [1.54, 1.807) is 24.3 Å². The zero-order valence-electron chi connectivity index (χ0n) is 18.9. The lowest BCUT2D eigenvalue weighted by Gasteiger charge is -2.33. The van der Waals surface area contributed by atoms with Crippen molar-refractivity contribution in [3.63, 3.8) is 0 Å². The summed E-state index contributed by atoms with van der Waals surface area (Å²) in [5.74, 6) is 0.252. The van der Waals surface area contributed by atoms with E-state index in [9.17, 15) is 9.59 Å². The maximum atomic E-state index is 13.6. The van der Waals surface area contributed by atoms with Gasteiger partial charge in [-0.2, -0.15) is 0 Å². The van der Waals surface area contributed by atoms with Crippen LogP contribution in [0, 0.1) is 0 Å². The molecule has 33 heavy (non-hydrogen) atoms. The number of nitrogens with one attached hydrogen (secondary N) is 1. The average Bonchev–Trinajstić information content (AvgIpc) is 3.56. The largest absolute Gasteiger partial charge is 0.467 e. The summed E-state index contributed by atoms with van der Waals surface area (Å²) in [6.45, 7) is 5.85. The van der Waals surface area contributed by atoms with Crippen LogP contribution in [-0.2, 0) is 22.7 Å². The smallest absolute Gasteiger partial charge is 0.251 e. The highest BCUT2D eigenvalue weighted by atomic mass is 16.3. The first-order chi connectivity index (χ1) is 15.9. The van der Waals surface area contributed by atoms with Crippen LogP contribution in [0.15, 0.2) is 69.9 Å². The molecule has 0 aliphatic carbocycles. The molecule has 1 N–H and O–H groups in total. The molecule has 0 spiro atoms. The third-order valence-corrected chi connectivity index (χ3v) is 5.65. The van der Waals surface area contributed by atoms with Crippen LogP contribution in [0.4, 0.5) is 0 Å². The Balaban J connectivity index is 1.70. The van der Waals surface area contributed by atoms with Gasteiger partial charge in [-0.15, -0.1) is 5.10 Å². The van der Waals surface area contributed by atoms with E-state index >= 15 is 0 Å². The molecule has 0 bridgehead atoms. The Morgan fingerprint density at radius 3 is 2.55 bits per heavy atom. The molecule has 3 aromatic heterocycles. The fourth-order valence-electron chi connectivity index (χ4n) is 3.51. The van der Waals surface area contributed by atoms with Crippen molar-refractivity contribution in [1.82, 2.24) is 25.2 Å². The normalized spacial score (nSPS) is 12.6. The fraction of sp³-hybridized carbons (Fsp3) is 0.333. The van der Waals surface area contributed by atoms with E-state index in [-0.39, 0.29) is 24.9 Å². The van der Waals surface area contributed by atoms with Crippen molar-refractivity contribution >= 4 is 22.8 Å². The van der Waals surface area contributed by atoms with Crippen molar-refractivity contribution in [1.29, 1.82) is 0 Å². The number of aromatic nitrogens is 3. The lowest BCUT2D eigenvalue weighted by molar-refractivity contribution is -0.144. The summed E-state index contributed by atoms with van der Waals surface area (Å²) in [7, 11) is 0. The summed E-state index contributed by atoms with van der Waals surface area (Å²) < 4.78 is 12.6. The maximum Gasteiger partial charge on any atom is 0.251 e. The van der Waals surface area contributed by atoms with Crippen molar-refractivity contribution in [2.24, 2.45) is 0 Å². The molecule has 9 nitrogen and oxygen atoms in total. The number of fused-ring (bicyclic) bond motifs is 1. The quantitative estimate of drug-likeness (QED) is 0.418. The Morgan fingerprint density at radius 2 is 1.85 bits per heavy atom. The van der Waals surface area contributed by atoms with Gasteiger partial charge < -0.3 is 19.1 Å². The van der Waals surface area contributed by atoms with Crippen LogP contribution in [0.5, 0.6) is 0 Å². The second-order valence-electron chi connectivity index (χ2n) is 8.48. The lowest BCUT2D eigenvalue weighted by atomic mass is 10.0. The topological polar surface area (TPSA) is 106 Å². The molecule has 2 amide bonds. The minimum atomic E-state index is -0.988. The van der Waals surface area contributed by atoms with Crippen LogP contribution in [-0.4, -0.2) is 37.2 Å². The molecule has 1 unspecified atom stereocenters. The number of hydrogen-bond acceptors (Lipinski definition) is 6. The van der Waals surface area contributed by atoms with Gasteiger partial charge in [0.05, 0.1) is 24.6 Å². The van der Waals surface area contributed by atoms with Crippen molar-refractivity contribution in [2.45, 2.75) is 51.9 Å². The second-order valence-corrected chi connectivity index (χ2v) is 8.48. The molecule has 172 valence electrons. The fourth-order valence-corrected chi connectivity index (χ4v) is 3.51. The Morgan fingerprint density at radius 1 is 1.09 bits per heavy atom. The molecule has 0 radical (unpaired) electrons. The van der Waals surface area contributed by atoms with E-state index in [0.29, 0.717) is 17.0 Å². The lowest BCUT2D eigenvalue weighted by Crippen LogP contribution is -2.50. The molecule has 4 rings (SSSR count). The molecule has 0 aliphatic heterocycles. The van der Waals surface area contributed by atoms with Gasteiger partial charge in [-0.05, 0) is 56.7 Å². The number of nitrogens with zero attached hydrogens (tertiary/aromatic N) is 4. The van der Waals surface area contributed by atoms with Crippen molar-refractivity contribution in [2.75, 3.05) is 0 Å². The van der Waals surface area contributed by atoms with Crippen LogP contribution < -0.4 is 5.32 Å². The second kappa shape index (κ2) is 9.32. The number of para-hydroxylation sites is 1. The standard InChI is InChI=1S/C24H27N5O4/c1-4-24(2,3)25-23(31)22(20-12-8-14-33-20)28(15-17-9-7-13-32-17)21(30)16-29-19-11-6-5-10-18(19)26-27-29/h5-14,22H,4,15-16H2,1-3H3,(H,25,31). The summed E-state index contributed by atoms with van der Waals surface area (Å²) in [5.41, 5.74) is 0.964. The zero-order valence-corrected chi connectivity index (χ0v) is 18.9. The summed E-state index contributed by atoms with van der Waals surface area (Å²) >= 11 is 0. The van der Waals surface area contributed by atoms with Crippen LogP contribution in [0.1, 0.15) is 44.8 Å². The van der Waals surface area contributed by atoms with Gasteiger partial charge >= 0.3 is 0 Å². The Hall–Kier alpha value is -3.88. The van der Waals surface area contributed by atoms with Gasteiger partial charge in [-0.1, -0.05) is 24.3 Å². The highest BCUT2D eigenvalue weighted by Crippen LogP contribution is 2.26. The summed E-state index contributed by atoms with van der Waals surface area (Å²) in [6, 6.07) is 13.3. The number of amides is 2. The molecule has 0 saturated heterocycles. The third kappa shape index (κ3) is 4.97. The highest BCUT2D eigenvalue weighted by Gasteiger charge is 2.36. The molecule has 3 heterocycles. The van der Waals surface area contributed by atoms with Crippen molar-refractivity contribution in [3.05, 3.63) is 72.6 Å². The van der Waals surface area contributed by atoms with E-state index in [1.807, 2.05) is 45.0 Å². The monoisotopic (exact) mass is 449 g/mol. The van der Waals surface area contributed by atoms with Gasteiger partial charge in [0.1, 0.15) is 23.6 Å². The Labute approximate surface area is 191 Å². The third-order valence-electron chi connectivity index (χ3n) is 5.65. The van der Waals surface area contributed by atoms with Gasteiger partial charge in [-0.3, -0.25) is 9.59 Å². The maximum absolute atomic E-state index is 13.6. The minimum absolute atomic E-state index is 0.0871. The average molecular weight is 450 g/mol. The number of rotatable bonds is 9. The first-order valence-corrected chi connectivity index (χ1v) is 10.8. The first-order valence-electron chi connectivity index (χ1n) is 10.8. The summed E-state index contributed by atoms with van der Waals surface area (Å²) in [5, 5.41) is 11.3. The Kier molecular flexibility index (Phi) is 6.30. The zero-order chi connectivity index (χ0) is 23.4. The molecular weight excluding hydrogens is 422 g/mol. The molecule has 9 heteroatoms. The van der Waals surface area contributed by atoms with Crippen LogP contribution >= 0.6 is 0 Å². The molecule has 0 fully saturated rings. The SMILES string of the molecule is CCC(C)(C)NC(=O)C(c1ccco1)N(Cc1ccco1)C(=O)Cn1nnc2ccccc21. The van der Waals surface area contributed by atoms with Crippen LogP contribution in [0.25, 0.3) is 11.0 Å². The molecule has 1 atom stereocenters. The van der Waals surface area contributed by atoms with Crippen molar-refractivity contribution in [3.8, 4) is 0 Å². The van der Waals surface area contributed by atoms with E-state index in [1.165, 1.54) is 22.1 Å². The molecule has 1 aromatic carbocycles. The molecule has 0 aliphatic rings. The first kappa shape index (κ1) is 22.3. The van der Waals surface area contributed by atoms with Crippen LogP contribution in [0.2, 0.25) is 0 Å². The predicted molar refractivity (Wildman–Crippen MR) is 121 cm³/mol. The van der Waals surface area contributed by atoms with E-state index in [2.05, 4.69) is 15.6 Å². The van der Waals surface area contributed by atoms with Crippen LogP contribution in [0.3, 0.4) is 0 Å². The number of carbonyl (C=O) groups excluding carboxylic acids is 2. The van der Waals surface area contributed by atoms with Gasteiger partial charge in [0.2, 0.25) is 5.91 Å². The van der Waals surface area contributed by atoms with E-state index in [0.717, 1.165) is 11.9 Å². The number of carbonyl (C=O) groups is 2. The molecular formula is C24H27N5O4. The van der Waals surface area contributed by atoms with Crippen molar-refractivity contribution < 1.29 is 18.4 Å². The number of hydrogen-bond donors (Lipinski definition) is 1. The van der Waals surface area contributed by atoms with Gasteiger partial charge in [0.25, 0.3) is 5.91 Å². The van der Waals surface area contributed by atoms with Gasteiger partial charge in [-0.25, -0.2) is 4.68 Å². The Bertz CT molecular complexity index is 1210. The van der Waals surface area contributed by atoms with Gasteiger partial charge in [0, 0.05) is 5.54 Å². The van der Waals surface area contributed by atoms with E-state index < -0.39 is 11.6 Å². The number of furan rings is 2. The highest BCUT2D eigenvalue weighted by molar-refractivity contribution is 5.89.